The summed E-state index contributed by atoms with van der Waals surface area (Å²) >= 11 is 18.4. The molecule has 0 bridgehead atoms. The molecule has 1 fully saturated rings. The number of aliphatic hydroxyl groups is 2. The van der Waals surface area contributed by atoms with Gasteiger partial charge in [-0.15, -0.1) is 0 Å². The fourth-order valence-corrected chi connectivity index (χ4v) is 4.14. The maximum Gasteiger partial charge on any atom is 0.276 e. The molecule has 3 atom stereocenters. The van der Waals surface area contributed by atoms with E-state index in [0.29, 0.717) is 17.9 Å². The SMILES string of the molecule is O=C(Nc1ccc([C@H]2O[C@@H](CSCCO)C[C@@H](c3ccc(CO)cc3)O2)cc1)C(Cl)(Cl)Cl. The fourth-order valence-electron chi connectivity index (χ4n) is 3.23. The number of aliphatic hydroxyl groups excluding tert-OH is 2. The first kappa shape index (κ1) is 25.6. The highest BCUT2D eigenvalue weighted by Gasteiger charge is 2.33. The Morgan fingerprint density at radius 2 is 1.69 bits per heavy atom. The lowest BCUT2D eigenvalue weighted by atomic mass is 10.0. The van der Waals surface area contributed by atoms with Crippen LogP contribution in [0.1, 0.15) is 35.5 Å². The quantitative estimate of drug-likeness (QED) is 0.344. The second-order valence-electron chi connectivity index (χ2n) is 7.22. The van der Waals surface area contributed by atoms with Gasteiger partial charge in [0.25, 0.3) is 9.70 Å². The molecule has 1 aliphatic rings. The minimum Gasteiger partial charge on any atom is -0.396 e. The van der Waals surface area contributed by atoms with Crippen molar-refractivity contribution in [1.82, 2.24) is 0 Å². The van der Waals surface area contributed by atoms with E-state index < -0.39 is 16.0 Å². The molecular weight excluding hydrogens is 497 g/mol. The van der Waals surface area contributed by atoms with Crippen LogP contribution < -0.4 is 5.32 Å². The van der Waals surface area contributed by atoms with Gasteiger partial charge in [-0.25, -0.2) is 0 Å². The minimum absolute atomic E-state index is 0.0148. The molecule has 0 unspecified atom stereocenters. The Morgan fingerprint density at radius 3 is 2.28 bits per heavy atom. The third-order valence-corrected chi connectivity index (χ3v) is 6.45. The second-order valence-corrected chi connectivity index (χ2v) is 10.7. The van der Waals surface area contributed by atoms with Crippen molar-refractivity contribution in [3.8, 4) is 0 Å². The zero-order valence-corrected chi connectivity index (χ0v) is 20.1. The van der Waals surface area contributed by atoms with Crippen LogP contribution in [0.15, 0.2) is 48.5 Å². The van der Waals surface area contributed by atoms with Crippen LogP contribution in [0.3, 0.4) is 0 Å². The van der Waals surface area contributed by atoms with E-state index in [2.05, 4.69) is 5.32 Å². The summed E-state index contributed by atoms with van der Waals surface area (Å²) in [7, 11) is 0. The number of anilines is 1. The summed E-state index contributed by atoms with van der Waals surface area (Å²) in [6.45, 7) is 0.101. The Kier molecular flexibility index (Phi) is 9.52. The van der Waals surface area contributed by atoms with Crippen LogP contribution in [0.25, 0.3) is 0 Å². The molecule has 2 aromatic carbocycles. The maximum absolute atomic E-state index is 11.8. The topological polar surface area (TPSA) is 88.0 Å². The monoisotopic (exact) mass is 519 g/mol. The van der Waals surface area contributed by atoms with Crippen molar-refractivity contribution in [2.24, 2.45) is 0 Å². The standard InChI is InChI=1S/C22H24Cl3NO5S/c23-22(24,25)21(29)26-17-7-5-16(6-8-17)20-30-18(13-32-10-9-27)11-19(31-20)15-3-1-14(12-28)2-4-15/h1-8,18-20,27-28H,9-13H2,(H,26,29)/t18-,19+,20+/m1/s1. The summed E-state index contributed by atoms with van der Waals surface area (Å²) in [6, 6.07) is 14.6. The van der Waals surface area contributed by atoms with Gasteiger partial charge in [0.1, 0.15) is 0 Å². The highest BCUT2D eigenvalue weighted by atomic mass is 35.6. The minimum atomic E-state index is -2.05. The molecule has 0 saturated carbocycles. The van der Waals surface area contributed by atoms with E-state index in [9.17, 15) is 9.90 Å². The number of benzene rings is 2. The molecule has 3 rings (SSSR count). The molecule has 1 amide bonds. The van der Waals surface area contributed by atoms with E-state index in [0.717, 1.165) is 22.4 Å². The van der Waals surface area contributed by atoms with E-state index in [1.54, 1.807) is 36.0 Å². The van der Waals surface area contributed by atoms with Crippen molar-refractivity contribution in [2.75, 3.05) is 23.4 Å². The average molecular weight is 521 g/mol. The molecule has 1 heterocycles. The molecule has 10 heteroatoms. The Morgan fingerprint density at radius 1 is 1.03 bits per heavy atom. The highest BCUT2D eigenvalue weighted by molar-refractivity contribution is 7.99. The highest BCUT2D eigenvalue weighted by Crippen LogP contribution is 2.39. The van der Waals surface area contributed by atoms with Gasteiger partial charge in [0.2, 0.25) is 0 Å². The van der Waals surface area contributed by atoms with Gasteiger partial charge in [0.15, 0.2) is 6.29 Å². The normalized spacial score (nSPS) is 21.3. The molecule has 1 saturated heterocycles. The van der Waals surface area contributed by atoms with Crippen LogP contribution >= 0.6 is 46.6 Å². The first-order valence-electron chi connectivity index (χ1n) is 9.97. The van der Waals surface area contributed by atoms with E-state index in [-0.39, 0.29) is 25.4 Å². The molecule has 0 radical (unpaired) electrons. The molecular formula is C22H24Cl3NO5S. The van der Waals surface area contributed by atoms with Gasteiger partial charge in [0.05, 0.1) is 25.4 Å². The van der Waals surface area contributed by atoms with E-state index >= 15 is 0 Å². The molecule has 0 aliphatic carbocycles. The number of ether oxygens (including phenoxy) is 2. The number of alkyl halides is 3. The van der Waals surface area contributed by atoms with Gasteiger partial charge >= 0.3 is 0 Å². The van der Waals surface area contributed by atoms with Crippen LogP contribution in [-0.2, 0) is 20.9 Å². The summed E-state index contributed by atoms with van der Waals surface area (Å²) in [6.07, 6.45) is -0.199. The van der Waals surface area contributed by atoms with E-state index in [4.69, 9.17) is 49.4 Å². The smallest absolute Gasteiger partial charge is 0.276 e. The molecule has 174 valence electrons. The van der Waals surface area contributed by atoms with Crippen molar-refractivity contribution in [1.29, 1.82) is 0 Å². The average Bonchev–Trinajstić information content (AvgIpc) is 2.79. The fraction of sp³-hybridized carbons (Fsp3) is 0.409. The lowest BCUT2D eigenvalue weighted by Crippen LogP contribution is -2.31. The third kappa shape index (κ3) is 7.23. The first-order chi connectivity index (χ1) is 15.3. The van der Waals surface area contributed by atoms with Gasteiger partial charge in [-0.1, -0.05) is 71.2 Å². The number of carbonyl (C=O) groups excluding carboxylic acids is 1. The molecule has 32 heavy (non-hydrogen) atoms. The Hall–Kier alpha value is -1.03. The molecule has 2 aromatic rings. The number of carbonyl (C=O) groups is 1. The Labute approximate surface area is 206 Å². The molecule has 1 aliphatic heterocycles. The van der Waals surface area contributed by atoms with Crippen molar-refractivity contribution in [3.05, 3.63) is 65.2 Å². The molecule has 0 spiro atoms. The van der Waals surface area contributed by atoms with Crippen molar-refractivity contribution >= 4 is 58.2 Å². The van der Waals surface area contributed by atoms with Gasteiger partial charge in [-0.05, 0) is 23.3 Å². The Bertz CT molecular complexity index is 877. The zero-order chi connectivity index (χ0) is 23.1. The van der Waals surface area contributed by atoms with Crippen LogP contribution in [0, 0.1) is 0 Å². The largest absolute Gasteiger partial charge is 0.396 e. The molecule has 6 nitrogen and oxygen atoms in total. The summed E-state index contributed by atoms with van der Waals surface area (Å²) < 4.78 is 10.4. The van der Waals surface area contributed by atoms with Crippen molar-refractivity contribution < 1.29 is 24.5 Å². The van der Waals surface area contributed by atoms with E-state index in [1.807, 2.05) is 24.3 Å². The third-order valence-electron chi connectivity index (χ3n) is 4.85. The Balaban J connectivity index is 1.74. The van der Waals surface area contributed by atoms with Gasteiger partial charge in [-0.2, -0.15) is 11.8 Å². The zero-order valence-electron chi connectivity index (χ0n) is 17.0. The van der Waals surface area contributed by atoms with Gasteiger partial charge in [0, 0.05) is 29.2 Å². The van der Waals surface area contributed by atoms with Crippen LogP contribution in [-0.4, -0.2) is 44.1 Å². The predicted molar refractivity (Wildman–Crippen MR) is 128 cm³/mol. The van der Waals surface area contributed by atoms with Crippen molar-refractivity contribution in [3.63, 3.8) is 0 Å². The number of hydrogen-bond acceptors (Lipinski definition) is 6. The second kappa shape index (κ2) is 11.9. The number of hydrogen-bond donors (Lipinski definition) is 3. The maximum atomic E-state index is 11.8. The number of amides is 1. The van der Waals surface area contributed by atoms with Crippen molar-refractivity contribution in [2.45, 2.75) is 35.3 Å². The lowest BCUT2D eigenvalue weighted by molar-refractivity contribution is -0.245. The summed E-state index contributed by atoms with van der Waals surface area (Å²) in [5, 5.41) is 20.9. The molecule has 0 aromatic heterocycles. The van der Waals surface area contributed by atoms with Gasteiger partial charge < -0.3 is 25.0 Å². The summed E-state index contributed by atoms with van der Waals surface area (Å²) in [5.74, 6) is 0.620. The summed E-state index contributed by atoms with van der Waals surface area (Å²) in [4.78, 5) is 11.8. The van der Waals surface area contributed by atoms with Crippen LogP contribution in [0.4, 0.5) is 5.69 Å². The number of nitrogens with one attached hydrogen (secondary N) is 1. The van der Waals surface area contributed by atoms with E-state index in [1.165, 1.54) is 0 Å². The number of rotatable bonds is 8. The predicted octanol–water partition coefficient (Wildman–Crippen LogP) is 4.76. The van der Waals surface area contributed by atoms with Crippen LogP contribution in [0.2, 0.25) is 0 Å². The summed E-state index contributed by atoms with van der Waals surface area (Å²) in [5.41, 5.74) is 3.09. The molecule has 3 N–H and O–H groups in total. The first-order valence-corrected chi connectivity index (χ1v) is 12.3. The number of thioether (sulfide) groups is 1. The number of halogens is 3. The van der Waals surface area contributed by atoms with Crippen LogP contribution in [0.5, 0.6) is 0 Å². The lowest BCUT2D eigenvalue weighted by Gasteiger charge is -2.36. The van der Waals surface area contributed by atoms with Gasteiger partial charge in [-0.3, -0.25) is 4.79 Å².